The van der Waals surface area contributed by atoms with Crippen LogP contribution >= 0.6 is 12.7 Å². The zero-order valence-electron chi connectivity index (χ0n) is 4.87. The van der Waals surface area contributed by atoms with Crippen LogP contribution in [0.4, 0.5) is 0 Å². The van der Waals surface area contributed by atoms with Gasteiger partial charge in [0.2, 0.25) is 0 Å². The molecular formula is C5H11BrSn+2. The number of hydrogen-bond acceptors (Lipinski definition) is 0. The quantitative estimate of drug-likeness (QED) is 0.691. The zero-order chi connectivity index (χ0) is 5.70. The van der Waals surface area contributed by atoms with Crippen LogP contribution in [0.1, 0.15) is 20.3 Å². The van der Waals surface area contributed by atoms with E-state index in [-0.39, 0.29) is 18.9 Å². The van der Waals surface area contributed by atoms with Crippen LogP contribution in [0.3, 0.4) is 0 Å². The van der Waals surface area contributed by atoms with E-state index in [0.29, 0.717) is 0 Å². The van der Waals surface area contributed by atoms with Crippen LogP contribution in [0.2, 0.25) is 4.44 Å². The van der Waals surface area contributed by atoms with Crippen LogP contribution in [-0.4, -0.2) is 18.9 Å². The Kier molecular flexibility index (Phi) is 6.41. The number of hydrogen-bond donors (Lipinski definition) is 0. The van der Waals surface area contributed by atoms with Gasteiger partial charge in [0.05, 0.1) is 0 Å². The summed E-state index contributed by atoms with van der Waals surface area (Å²) in [5.41, 5.74) is 0. The van der Waals surface area contributed by atoms with Crippen molar-refractivity contribution in [3.63, 3.8) is 0 Å². The SMILES string of the molecule is CC(C)C[CH2][Sn+2][Br]. The molecule has 0 amide bonds. The Morgan fingerprint density at radius 1 is 1.57 bits per heavy atom. The molecule has 0 aromatic carbocycles. The first kappa shape index (κ1) is 8.28. The average Bonchev–Trinajstić information content (AvgIpc) is 1.61. The van der Waals surface area contributed by atoms with Crippen LogP contribution in [0.25, 0.3) is 0 Å². The topological polar surface area (TPSA) is 0 Å². The van der Waals surface area contributed by atoms with Gasteiger partial charge in [-0.2, -0.15) is 0 Å². The molecule has 0 bridgehead atoms. The predicted octanol–water partition coefficient (Wildman–Crippen LogP) is 2.46. The van der Waals surface area contributed by atoms with Crippen LogP contribution in [0.15, 0.2) is 0 Å². The monoisotopic (exact) mass is 270 g/mol. The van der Waals surface area contributed by atoms with Gasteiger partial charge in [-0.15, -0.1) is 0 Å². The van der Waals surface area contributed by atoms with E-state index in [4.69, 9.17) is 0 Å². The van der Waals surface area contributed by atoms with Crippen molar-refractivity contribution in [2.45, 2.75) is 24.7 Å². The summed E-state index contributed by atoms with van der Waals surface area (Å²) in [6.07, 6.45) is 1.43. The maximum absolute atomic E-state index is 3.55. The number of halogens is 1. The molecule has 0 aromatic heterocycles. The Labute approximate surface area is 62.0 Å². The summed E-state index contributed by atoms with van der Waals surface area (Å²) in [5, 5.41) is 0. The third-order valence-electron chi connectivity index (χ3n) is 0.816. The van der Waals surface area contributed by atoms with Gasteiger partial charge in [-0.3, -0.25) is 0 Å². The summed E-state index contributed by atoms with van der Waals surface area (Å²) >= 11 is 3.51. The van der Waals surface area contributed by atoms with Gasteiger partial charge >= 0.3 is 62.2 Å². The molecule has 0 rings (SSSR count). The molecule has 0 aliphatic heterocycles. The van der Waals surface area contributed by atoms with Crippen molar-refractivity contribution >= 4 is 31.6 Å². The van der Waals surface area contributed by atoms with E-state index < -0.39 is 0 Å². The maximum atomic E-state index is 3.55. The third-order valence-corrected chi connectivity index (χ3v) is 4.84. The second-order valence-corrected chi connectivity index (χ2v) is 8.02. The van der Waals surface area contributed by atoms with Crippen molar-refractivity contribution in [2.75, 3.05) is 0 Å². The first-order chi connectivity index (χ1) is 3.27. The van der Waals surface area contributed by atoms with E-state index >= 15 is 0 Å². The fraction of sp³-hybridized carbons (Fsp3) is 1.00. The second kappa shape index (κ2) is 5.42. The van der Waals surface area contributed by atoms with Crippen molar-refractivity contribution in [2.24, 2.45) is 5.92 Å². The molecule has 7 heavy (non-hydrogen) atoms. The van der Waals surface area contributed by atoms with Gasteiger partial charge in [-0.25, -0.2) is 0 Å². The van der Waals surface area contributed by atoms with Gasteiger partial charge in [-0.1, -0.05) is 0 Å². The minimum atomic E-state index is -0.0345. The molecule has 0 radical (unpaired) electrons. The van der Waals surface area contributed by atoms with Gasteiger partial charge in [0.1, 0.15) is 0 Å². The van der Waals surface area contributed by atoms with Crippen LogP contribution in [-0.2, 0) is 0 Å². The average molecular weight is 270 g/mol. The normalized spacial score (nSPS) is 9.14. The summed E-state index contributed by atoms with van der Waals surface area (Å²) < 4.78 is 1.49. The molecule has 0 aliphatic carbocycles. The molecule has 0 N–H and O–H groups in total. The molecular weight excluding hydrogens is 259 g/mol. The molecule has 2 heteroatoms. The molecule has 0 saturated carbocycles. The van der Waals surface area contributed by atoms with E-state index in [1.807, 2.05) is 0 Å². The Hall–Kier alpha value is 1.28. The van der Waals surface area contributed by atoms with Crippen LogP contribution in [0.5, 0.6) is 0 Å². The van der Waals surface area contributed by atoms with E-state index in [1.165, 1.54) is 10.9 Å². The Morgan fingerprint density at radius 3 is 2.29 bits per heavy atom. The summed E-state index contributed by atoms with van der Waals surface area (Å²) in [7, 11) is 0. The fourth-order valence-electron chi connectivity index (χ4n) is 0.343. The molecule has 40 valence electrons. The molecule has 0 nitrogen and oxygen atoms in total. The van der Waals surface area contributed by atoms with Crippen LogP contribution < -0.4 is 0 Å². The molecule has 0 spiro atoms. The minimum absolute atomic E-state index is 0.0345. The van der Waals surface area contributed by atoms with Crippen molar-refractivity contribution in [3.8, 4) is 0 Å². The Bertz CT molecular complexity index is 37.1. The Morgan fingerprint density at radius 2 is 2.14 bits per heavy atom. The van der Waals surface area contributed by atoms with Gasteiger partial charge < -0.3 is 0 Å². The van der Waals surface area contributed by atoms with E-state index in [0.717, 1.165) is 5.92 Å². The zero-order valence-corrected chi connectivity index (χ0v) is 9.31. The van der Waals surface area contributed by atoms with Crippen molar-refractivity contribution in [1.82, 2.24) is 0 Å². The van der Waals surface area contributed by atoms with E-state index in [2.05, 4.69) is 26.6 Å². The molecule has 0 atom stereocenters. The second-order valence-electron chi connectivity index (χ2n) is 2.07. The van der Waals surface area contributed by atoms with Gasteiger partial charge in [0, 0.05) is 0 Å². The number of rotatable bonds is 3. The standard InChI is InChI=1S/C5H11.BrH.Sn/c1-4-5(2)3;;/h5H,1,4H2,2-3H3;1H;/q;;+3/p-1. The molecule has 0 saturated heterocycles. The van der Waals surface area contributed by atoms with Gasteiger partial charge in [0.25, 0.3) is 0 Å². The molecule has 0 unspecified atom stereocenters. The van der Waals surface area contributed by atoms with Gasteiger partial charge in [-0.05, 0) is 0 Å². The summed E-state index contributed by atoms with van der Waals surface area (Å²) in [4.78, 5) is 0. The molecule has 0 heterocycles. The molecule has 0 aromatic rings. The summed E-state index contributed by atoms with van der Waals surface area (Å²) in [6.45, 7) is 4.56. The van der Waals surface area contributed by atoms with Crippen molar-refractivity contribution in [3.05, 3.63) is 0 Å². The third kappa shape index (κ3) is 7.28. The summed E-state index contributed by atoms with van der Waals surface area (Å²) in [6, 6.07) is 0. The first-order valence-corrected chi connectivity index (χ1v) is 11.0. The summed E-state index contributed by atoms with van der Waals surface area (Å²) in [5.74, 6) is 0.915. The fourth-order valence-corrected chi connectivity index (χ4v) is 3.84. The van der Waals surface area contributed by atoms with E-state index in [9.17, 15) is 0 Å². The van der Waals surface area contributed by atoms with E-state index in [1.54, 1.807) is 0 Å². The van der Waals surface area contributed by atoms with Crippen molar-refractivity contribution < 1.29 is 0 Å². The predicted molar refractivity (Wildman–Crippen MR) is 38.9 cm³/mol. The first-order valence-electron chi connectivity index (χ1n) is 2.61. The molecule has 0 aliphatic rings. The molecule has 0 fully saturated rings. The van der Waals surface area contributed by atoms with Crippen LogP contribution in [0, 0.1) is 5.92 Å². The Balaban J connectivity index is 2.68. The van der Waals surface area contributed by atoms with Gasteiger partial charge in [0.15, 0.2) is 0 Å². The van der Waals surface area contributed by atoms with Crippen molar-refractivity contribution in [1.29, 1.82) is 0 Å².